The number of furan rings is 1. The number of benzene rings is 1. The van der Waals surface area contributed by atoms with Crippen LogP contribution in [0.15, 0.2) is 46.4 Å². The van der Waals surface area contributed by atoms with Crippen LogP contribution in [0.3, 0.4) is 0 Å². The Morgan fingerprint density at radius 2 is 2.10 bits per heavy atom. The van der Waals surface area contributed by atoms with Crippen LogP contribution in [0, 0.1) is 6.92 Å². The molecule has 3 aromatic rings. The van der Waals surface area contributed by atoms with E-state index in [2.05, 4.69) is 15.6 Å². The van der Waals surface area contributed by atoms with Crippen LogP contribution in [-0.2, 0) is 17.8 Å². The molecule has 0 aliphatic rings. The zero-order valence-electron chi connectivity index (χ0n) is 15.8. The smallest absolute Gasteiger partial charge is 0.260 e. The van der Waals surface area contributed by atoms with E-state index >= 15 is 0 Å². The molecule has 0 spiro atoms. The lowest BCUT2D eigenvalue weighted by Crippen LogP contribution is -2.25. The Balaban J connectivity index is 1.52. The number of aliphatic hydroxyl groups excluding tert-OH is 1. The lowest BCUT2D eigenvalue weighted by atomic mass is 10.2. The van der Waals surface area contributed by atoms with Gasteiger partial charge in [0.15, 0.2) is 5.13 Å². The molecular weight excluding hydrogens is 394 g/mol. The zero-order valence-corrected chi connectivity index (χ0v) is 16.6. The summed E-state index contributed by atoms with van der Waals surface area (Å²) < 4.78 is 10.6. The van der Waals surface area contributed by atoms with Crippen LogP contribution < -0.4 is 15.4 Å². The summed E-state index contributed by atoms with van der Waals surface area (Å²) in [7, 11) is 0. The summed E-state index contributed by atoms with van der Waals surface area (Å²) in [6, 6.07) is 8.91. The van der Waals surface area contributed by atoms with Crippen molar-refractivity contribution in [1.29, 1.82) is 0 Å². The summed E-state index contributed by atoms with van der Waals surface area (Å²) in [6.07, 6.45) is 1.55. The van der Waals surface area contributed by atoms with Gasteiger partial charge in [0, 0.05) is 17.5 Å². The van der Waals surface area contributed by atoms with Gasteiger partial charge in [-0.3, -0.25) is 14.9 Å². The van der Waals surface area contributed by atoms with Crippen molar-refractivity contribution in [2.75, 3.05) is 18.5 Å². The van der Waals surface area contributed by atoms with E-state index in [1.807, 2.05) is 18.2 Å². The van der Waals surface area contributed by atoms with Gasteiger partial charge in [-0.15, -0.1) is 11.3 Å². The number of hydrogen-bond acceptors (Lipinski definition) is 7. The third kappa shape index (κ3) is 5.66. The number of carbonyl (C=O) groups excluding carboxylic acids is 2. The summed E-state index contributed by atoms with van der Waals surface area (Å²) in [5.74, 6) is 0.647. The fourth-order valence-corrected chi connectivity index (χ4v) is 3.30. The van der Waals surface area contributed by atoms with Crippen molar-refractivity contribution in [3.05, 3.63) is 64.6 Å². The average molecular weight is 415 g/mol. The number of amides is 2. The predicted octanol–water partition coefficient (Wildman–Crippen LogP) is 2.53. The molecule has 9 heteroatoms. The van der Waals surface area contributed by atoms with E-state index in [9.17, 15) is 9.59 Å². The normalized spacial score (nSPS) is 10.6. The van der Waals surface area contributed by atoms with Crippen molar-refractivity contribution in [2.24, 2.45) is 0 Å². The molecule has 0 unspecified atom stereocenters. The molecule has 0 aliphatic carbocycles. The van der Waals surface area contributed by atoms with Crippen LogP contribution >= 0.6 is 11.3 Å². The molecule has 29 heavy (non-hydrogen) atoms. The monoisotopic (exact) mass is 415 g/mol. The van der Waals surface area contributed by atoms with Crippen molar-refractivity contribution in [2.45, 2.75) is 19.9 Å². The third-order valence-corrected chi connectivity index (χ3v) is 4.82. The molecule has 152 valence electrons. The molecule has 2 aromatic heterocycles. The van der Waals surface area contributed by atoms with Gasteiger partial charge in [0.25, 0.3) is 5.91 Å². The number of ether oxygens (including phenoxy) is 1. The Kier molecular flexibility index (Phi) is 6.99. The number of aliphatic hydroxyl groups is 1. The number of nitrogens with one attached hydrogen (secondary N) is 2. The molecule has 3 rings (SSSR count). The summed E-state index contributed by atoms with van der Waals surface area (Å²) in [6.45, 7) is 2.12. The second-order valence-corrected chi connectivity index (χ2v) is 6.98. The number of para-hydroxylation sites is 1. The highest BCUT2D eigenvalue weighted by atomic mass is 32.1. The van der Waals surface area contributed by atoms with Gasteiger partial charge in [-0.2, -0.15) is 0 Å². The van der Waals surface area contributed by atoms with Crippen molar-refractivity contribution >= 4 is 28.3 Å². The highest BCUT2D eigenvalue weighted by molar-refractivity contribution is 7.14. The van der Waals surface area contributed by atoms with Crippen molar-refractivity contribution in [3.8, 4) is 5.75 Å². The van der Waals surface area contributed by atoms with Crippen LogP contribution in [0.2, 0.25) is 0 Å². The molecule has 0 saturated carbocycles. The highest BCUT2D eigenvalue weighted by Crippen LogP contribution is 2.19. The van der Waals surface area contributed by atoms with E-state index in [4.69, 9.17) is 14.3 Å². The molecule has 2 heterocycles. The second-order valence-electron chi connectivity index (χ2n) is 6.12. The summed E-state index contributed by atoms with van der Waals surface area (Å²) in [4.78, 5) is 28.7. The maximum Gasteiger partial charge on any atom is 0.260 e. The van der Waals surface area contributed by atoms with Gasteiger partial charge >= 0.3 is 0 Å². The highest BCUT2D eigenvalue weighted by Gasteiger charge is 2.14. The Hall–Kier alpha value is -3.17. The van der Waals surface area contributed by atoms with E-state index < -0.39 is 0 Å². The number of aryl methyl sites for hydroxylation is 1. The third-order valence-electron chi connectivity index (χ3n) is 4.01. The van der Waals surface area contributed by atoms with E-state index in [0.29, 0.717) is 34.4 Å². The molecule has 2 amide bonds. The molecule has 0 aliphatic heterocycles. The molecular formula is C20H21N3O5S. The molecule has 0 fully saturated rings. The van der Waals surface area contributed by atoms with Crippen molar-refractivity contribution in [3.63, 3.8) is 0 Å². The number of carbonyl (C=O) groups is 2. The molecule has 1 aromatic carbocycles. The molecule has 0 bridgehead atoms. The molecule has 0 radical (unpaired) electrons. The largest absolute Gasteiger partial charge is 0.491 e. The van der Waals surface area contributed by atoms with Gasteiger partial charge < -0.3 is 19.6 Å². The van der Waals surface area contributed by atoms with Crippen molar-refractivity contribution < 1.29 is 23.8 Å². The fraction of sp³-hybridized carbons (Fsp3) is 0.250. The minimum atomic E-state index is -0.305. The minimum absolute atomic E-state index is 0.0798. The van der Waals surface area contributed by atoms with Gasteiger partial charge in [0.05, 0.1) is 30.5 Å². The van der Waals surface area contributed by atoms with Crippen LogP contribution in [0.4, 0.5) is 5.13 Å². The van der Waals surface area contributed by atoms with Gasteiger partial charge in [-0.1, -0.05) is 18.2 Å². The number of anilines is 1. The maximum absolute atomic E-state index is 12.2. The predicted molar refractivity (Wildman–Crippen MR) is 108 cm³/mol. The number of aromatic nitrogens is 1. The first-order chi connectivity index (χ1) is 14.1. The number of thiazole rings is 1. The summed E-state index contributed by atoms with van der Waals surface area (Å²) >= 11 is 1.25. The first kappa shape index (κ1) is 20.6. The van der Waals surface area contributed by atoms with Crippen LogP contribution in [0.1, 0.15) is 27.4 Å². The summed E-state index contributed by atoms with van der Waals surface area (Å²) in [5.41, 5.74) is 1.83. The fourth-order valence-electron chi connectivity index (χ4n) is 2.60. The molecule has 8 nitrogen and oxygen atoms in total. The quantitative estimate of drug-likeness (QED) is 0.495. The molecule has 0 atom stereocenters. The Bertz CT molecular complexity index is 982. The number of hydrogen-bond donors (Lipinski definition) is 3. The molecule has 3 N–H and O–H groups in total. The van der Waals surface area contributed by atoms with Gasteiger partial charge in [0.1, 0.15) is 18.1 Å². The zero-order chi connectivity index (χ0) is 20.6. The SMILES string of the molecule is Cc1occc1C(=O)Nc1nc(CC(=O)NCc2ccccc2OCCO)cs1. The summed E-state index contributed by atoms with van der Waals surface area (Å²) in [5, 5.41) is 16.6. The second kappa shape index (κ2) is 9.85. The van der Waals surface area contributed by atoms with E-state index in [-0.39, 0.29) is 31.4 Å². The van der Waals surface area contributed by atoms with Gasteiger partial charge in [-0.25, -0.2) is 4.98 Å². The van der Waals surface area contributed by atoms with Gasteiger partial charge in [-0.05, 0) is 19.1 Å². The Morgan fingerprint density at radius 1 is 1.28 bits per heavy atom. The van der Waals surface area contributed by atoms with Crippen LogP contribution in [0.5, 0.6) is 5.75 Å². The number of nitrogens with zero attached hydrogens (tertiary/aromatic N) is 1. The van der Waals surface area contributed by atoms with Gasteiger partial charge in [0.2, 0.25) is 5.91 Å². The molecule has 0 saturated heterocycles. The van der Waals surface area contributed by atoms with E-state index in [0.717, 1.165) is 5.56 Å². The lowest BCUT2D eigenvalue weighted by molar-refractivity contribution is -0.120. The minimum Gasteiger partial charge on any atom is -0.491 e. The lowest BCUT2D eigenvalue weighted by Gasteiger charge is -2.11. The average Bonchev–Trinajstić information content (AvgIpc) is 3.34. The maximum atomic E-state index is 12.2. The Labute approximate surface area is 171 Å². The standard InChI is InChI=1S/C20H21N3O5S/c1-13-16(6-8-27-13)19(26)23-20-22-15(12-29-20)10-18(25)21-11-14-4-2-3-5-17(14)28-9-7-24/h2-6,8,12,24H,7,9-11H2,1H3,(H,21,25)(H,22,23,26). The van der Waals surface area contributed by atoms with E-state index in [1.165, 1.54) is 17.6 Å². The van der Waals surface area contributed by atoms with Crippen LogP contribution in [0.25, 0.3) is 0 Å². The topological polar surface area (TPSA) is 114 Å². The first-order valence-corrected chi connectivity index (χ1v) is 9.83. The van der Waals surface area contributed by atoms with Crippen LogP contribution in [-0.4, -0.2) is 35.1 Å². The Morgan fingerprint density at radius 3 is 2.86 bits per heavy atom. The van der Waals surface area contributed by atoms with E-state index in [1.54, 1.807) is 24.4 Å². The van der Waals surface area contributed by atoms with Crippen molar-refractivity contribution in [1.82, 2.24) is 10.3 Å². The number of rotatable bonds is 9. The first-order valence-electron chi connectivity index (χ1n) is 8.95.